The number of guanidine groups is 1. The first kappa shape index (κ1) is 22.8. The predicted octanol–water partition coefficient (Wildman–Crippen LogP) is 2.79. The van der Waals surface area contributed by atoms with Crippen molar-refractivity contribution in [3.8, 4) is 0 Å². The van der Waals surface area contributed by atoms with Crippen molar-refractivity contribution in [2.45, 2.75) is 58.1 Å². The van der Waals surface area contributed by atoms with Crippen LogP contribution >= 0.6 is 24.0 Å². The van der Waals surface area contributed by atoms with Crippen LogP contribution in [0.5, 0.6) is 0 Å². The van der Waals surface area contributed by atoms with Gasteiger partial charge in [0.2, 0.25) is 0 Å². The van der Waals surface area contributed by atoms with E-state index in [9.17, 15) is 4.79 Å². The number of primary amides is 1. The third-order valence-corrected chi connectivity index (χ3v) is 4.16. The highest BCUT2D eigenvalue weighted by molar-refractivity contribution is 14.0. The number of hydrogen-bond acceptors (Lipinski definition) is 4. The lowest BCUT2D eigenvalue weighted by Crippen LogP contribution is -2.38. The number of ether oxygens (including phenoxy) is 1. The Morgan fingerprint density at radius 1 is 1.31 bits per heavy atom. The molecule has 0 spiro atoms. The van der Waals surface area contributed by atoms with Crippen LogP contribution in [0.1, 0.15) is 61.8 Å². The van der Waals surface area contributed by atoms with Gasteiger partial charge in [-0.25, -0.2) is 4.99 Å². The summed E-state index contributed by atoms with van der Waals surface area (Å²) in [6, 6.07) is 3.28. The Bertz CT molecular complexity index is 556. The Morgan fingerprint density at radius 2 is 2.08 bits per heavy atom. The number of halogens is 1. The van der Waals surface area contributed by atoms with Crippen molar-refractivity contribution in [3.05, 3.63) is 23.7 Å². The number of aliphatic imine (C=N–C) groups is 1. The van der Waals surface area contributed by atoms with Gasteiger partial charge in [-0.05, 0) is 38.3 Å². The maximum absolute atomic E-state index is 11.0. The molecule has 0 aliphatic heterocycles. The van der Waals surface area contributed by atoms with Crippen molar-refractivity contribution < 1.29 is 13.9 Å². The van der Waals surface area contributed by atoms with Gasteiger partial charge in [0.15, 0.2) is 11.7 Å². The molecule has 2 rings (SSSR count). The van der Waals surface area contributed by atoms with Gasteiger partial charge in [0.25, 0.3) is 5.91 Å². The molecule has 148 valence electrons. The van der Waals surface area contributed by atoms with Crippen LogP contribution < -0.4 is 16.4 Å². The minimum absolute atomic E-state index is 0. The minimum atomic E-state index is -0.571. The second-order valence-electron chi connectivity index (χ2n) is 6.24. The van der Waals surface area contributed by atoms with E-state index in [-0.39, 0.29) is 29.7 Å². The highest BCUT2D eigenvalue weighted by Crippen LogP contribution is 2.20. The van der Waals surface area contributed by atoms with Crippen LogP contribution in [0.3, 0.4) is 0 Å². The fourth-order valence-corrected chi connectivity index (χ4v) is 2.85. The molecule has 1 aliphatic carbocycles. The molecule has 0 saturated heterocycles. The lowest BCUT2D eigenvalue weighted by atomic mass is 9.98. The summed E-state index contributed by atoms with van der Waals surface area (Å²) < 4.78 is 11.2. The first-order chi connectivity index (χ1) is 12.2. The summed E-state index contributed by atoms with van der Waals surface area (Å²) >= 11 is 0. The lowest BCUT2D eigenvalue weighted by Gasteiger charge is -2.22. The third kappa shape index (κ3) is 8.39. The quantitative estimate of drug-likeness (QED) is 0.219. The number of hydrogen-bond donors (Lipinski definition) is 3. The number of amides is 1. The molecule has 4 N–H and O–H groups in total. The van der Waals surface area contributed by atoms with E-state index in [1.54, 1.807) is 12.1 Å². The number of nitrogens with one attached hydrogen (secondary N) is 2. The Hall–Kier alpha value is -1.29. The number of rotatable bonds is 9. The second kappa shape index (κ2) is 13.0. The van der Waals surface area contributed by atoms with Crippen LogP contribution in [0.4, 0.5) is 0 Å². The molecule has 8 heteroatoms. The van der Waals surface area contributed by atoms with Gasteiger partial charge in [0.1, 0.15) is 12.3 Å². The topological polar surface area (TPSA) is 102 Å². The van der Waals surface area contributed by atoms with E-state index in [1.807, 2.05) is 6.92 Å². The van der Waals surface area contributed by atoms with E-state index in [0.717, 1.165) is 32.1 Å². The molecule has 1 heterocycles. The van der Waals surface area contributed by atoms with Gasteiger partial charge in [0, 0.05) is 19.7 Å². The smallest absolute Gasteiger partial charge is 0.284 e. The number of nitrogens with two attached hydrogens (primary N) is 1. The van der Waals surface area contributed by atoms with E-state index < -0.39 is 5.91 Å². The van der Waals surface area contributed by atoms with Gasteiger partial charge in [-0.1, -0.05) is 19.3 Å². The molecule has 0 unspecified atom stereocenters. The van der Waals surface area contributed by atoms with E-state index in [0.29, 0.717) is 18.4 Å². The molecule has 1 aromatic heterocycles. The molecule has 26 heavy (non-hydrogen) atoms. The average Bonchev–Trinajstić information content (AvgIpc) is 3.09. The maximum atomic E-state index is 11.0. The normalized spacial score (nSPS) is 15.3. The Morgan fingerprint density at radius 3 is 2.73 bits per heavy atom. The van der Waals surface area contributed by atoms with Crippen molar-refractivity contribution in [2.75, 3.05) is 19.7 Å². The number of nitrogens with zero attached hydrogens (tertiary/aromatic N) is 1. The largest absolute Gasteiger partial charge is 0.454 e. The highest BCUT2D eigenvalue weighted by atomic mass is 127. The molecule has 1 aliphatic rings. The SMILES string of the molecule is CCNC(=NCc1ccc(C(N)=O)o1)NCCCOC1CCCCC1.I. The predicted molar refractivity (Wildman–Crippen MR) is 113 cm³/mol. The summed E-state index contributed by atoms with van der Waals surface area (Å²) in [6.07, 6.45) is 7.74. The molecule has 1 saturated carbocycles. The van der Waals surface area contributed by atoms with E-state index >= 15 is 0 Å². The molecule has 7 nitrogen and oxygen atoms in total. The van der Waals surface area contributed by atoms with Crippen LogP contribution in [0, 0.1) is 0 Å². The van der Waals surface area contributed by atoms with Crippen molar-refractivity contribution in [1.82, 2.24) is 10.6 Å². The van der Waals surface area contributed by atoms with Crippen molar-refractivity contribution in [3.63, 3.8) is 0 Å². The zero-order valence-electron chi connectivity index (χ0n) is 15.5. The molecular formula is C18H31IN4O3. The molecule has 1 aromatic rings. The molecule has 0 bridgehead atoms. The number of furan rings is 1. The first-order valence-corrected chi connectivity index (χ1v) is 9.21. The zero-order chi connectivity index (χ0) is 17.9. The van der Waals surface area contributed by atoms with Gasteiger partial charge in [-0.2, -0.15) is 0 Å². The summed E-state index contributed by atoms with van der Waals surface area (Å²) in [7, 11) is 0. The summed E-state index contributed by atoms with van der Waals surface area (Å²) in [5.41, 5.74) is 5.17. The Balaban J connectivity index is 0.00000338. The van der Waals surface area contributed by atoms with Crippen LogP contribution in [-0.4, -0.2) is 37.7 Å². The van der Waals surface area contributed by atoms with Crippen LogP contribution in [0.2, 0.25) is 0 Å². The summed E-state index contributed by atoms with van der Waals surface area (Å²) in [5, 5.41) is 6.47. The van der Waals surface area contributed by atoms with E-state index in [4.69, 9.17) is 14.9 Å². The number of carbonyl (C=O) groups is 1. The van der Waals surface area contributed by atoms with Crippen molar-refractivity contribution in [2.24, 2.45) is 10.7 Å². The third-order valence-electron chi connectivity index (χ3n) is 4.16. The fraction of sp³-hybridized carbons (Fsp3) is 0.667. The molecule has 1 amide bonds. The van der Waals surface area contributed by atoms with Gasteiger partial charge in [-0.3, -0.25) is 4.79 Å². The Kier molecular flexibility index (Phi) is 11.3. The van der Waals surface area contributed by atoms with Crippen LogP contribution in [0.15, 0.2) is 21.5 Å². The van der Waals surface area contributed by atoms with Crippen LogP contribution in [-0.2, 0) is 11.3 Å². The van der Waals surface area contributed by atoms with Gasteiger partial charge in [0.05, 0.1) is 6.10 Å². The highest BCUT2D eigenvalue weighted by Gasteiger charge is 2.13. The van der Waals surface area contributed by atoms with Gasteiger partial charge >= 0.3 is 0 Å². The summed E-state index contributed by atoms with van der Waals surface area (Å²) in [5.74, 6) is 0.907. The first-order valence-electron chi connectivity index (χ1n) is 9.21. The molecule has 0 atom stereocenters. The maximum Gasteiger partial charge on any atom is 0.284 e. The fourth-order valence-electron chi connectivity index (χ4n) is 2.85. The Labute approximate surface area is 172 Å². The molecular weight excluding hydrogens is 447 g/mol. The number of carbonyl (C=O) groups excluding carboxylic acids is 1. The zero-order valence-corrected chi connectivity index (χ0v) is 17.8. The monoisotopic (exact) mass is 478 g/mol. The standard InChI is InChI=1S/C18H30N4O3.HI/c1-2-20-18(22-13-15-9-10-16(25-15)17(19)23)21-11-6-12-24-14-7-4-3-5-8-14;/h9-10,14H,2-8,11-13H2,1H3,(H2,19,23)(H2,20,21,22);1H. The molecule has 1 fully saturated rings. The molecule has 0 radical (unpaired) electrons. The minimum Gasteiger partial charge on any atom is -0.454 e. The van der Waals surface area contributed by atoms with E-state index in [1.165, 1.54) is 32.1 Å². The van der Waals surface area contributed by atoms with Gasteiger partial charge in [-0.15, -0.1) is 24.0 Å². The summed E-state index contributed by atoms with van der Waals surface area (Å²) in [4.78, 5) is 15.5. The molecule has 0 aromatic carbocycles. The van der Waals surface area contributed by atoms with E-state index in [2.05, 4.69) is 15.6 Å². The summed E-state index contributed by atoms with van der Waals surface area (Å²) in [6.45, 7) is 4.71. The van der Waals surface area contributed by atoms with Crippen LogP contribution in [0.25, 0.3) is 0 Å². The van der Waals surface area contributed by atoms with Crippen molar-refractivity contribution >= 4 is 35.8 Å². The lowest BCUT2D eigenvalue weighted by molar-refractivity contribution is 0.0277. The second-order valence-corrected chi connectivity index (χ2v) is 6.24. The van der Waals surface area contributed by atoms with Crippen molar-refractivity contribution in [1.29, 1.82) is 0 Å². The van der Waals surface area contributed by atoms with Gasteiger partial charge < -0.3 is 25.5 Å². The average molecular weight is 478 g/mol.